The van der Waals surface area contributed by atoms with Crippen LogP contribution >= 0.6 is 11.6 Å². The van der Waals surface area contributed by atoms with E-state index >= 15 is 0 Å². The first kappa shape index (κ1) is 11.7. The largest absolute Gasteiger partial charge is 0.377 e. The molecule has 0 aromatic carbocycles. The monoisotopic (exact) mass is 231 g/mol. The van der Waals surface area contributed by atoms with Crippen molar-refractivity contribution in [1.29, 1.82) is 0 Å². The molecule has 0 radical (unpaired) electrons. The predicted molar refractivity (Wildman–Crippen MR) is 63.4 cm³/mol. The highest BCUT2D eigenvalue weighted by Gasteiger charge is 2.26. The molecular formula is C12H22ClNO. The van der Waals surface area contributed by atoms with E-state index in [2.05, 4.69) is 5.32 Å². The second-order valence-corrected chi connectivity index (χ2v) is 5.16. The average Bonchev–Trinajstić information content (AvgIpc) is 2.75. The van der Waals surface area contributed by atoms with E-state index < -0.39 is 0 Å². The molecule has 1 aliphatic carbocycles. The van der Waals surface area contributed by atoms with Crippen molar-refractivity contribution in [3.63, 3.8) is 0 Å². The fraction of sp³-hybridized carbons (Fsp3) is 1.00. The summed E-state index contributed by atoms with van der Waals surface area (Å²) in [6.07, 6.45) is 8.18. The Morgan fingerprint density at radius 2 is 2.07 bits per heavy atom. The second-order valence-electron chi connectivity index (χ2n) is 4.85. The third-order valence-corrected chi connectivity index (χ3v) is 4.14. The second kappa shape index (κ2) is 6.07. The van der Waals surface area contributed by atoms with Gasteiger partial charge in [0.25, 0.3) is 0 Å². The number of ether oxygens (including phenoxy) is 1. The van der Waals surface area contributed by atoms with E-state index in [1.807, 2.05) is 0 Å². The molecule has 2 nitrogen and oxygen atoms in total. The highest BCUT2D eigenvalue weighted by atomic mass is 35.5. The van der Waals surface area contributed by atoms with Gasteiger partial charge in [-0.3, -0.25) is 0 Å². The molecule has 1 saturated carbocycles. The van der Waals surface area contributed by atoms with Gasteiger partial charge in [-0.15, -0.1) is 11.6 Å². The van der Waals surface area contributed by atoms with Crippen molar-refractivity contribution in [1.82, 2.24) is 5.32 Å². The number of halogens is 1. The third kappa shape index (κ3) is 3.33. The SMILES string of the molecule is ClCC1CCCC1NCC1CCCCO1. The average molecular weight is 232 g/mol. The Kier molecular flexibility index (Phi) is 4.73. The van der Waals surface area contributed by atoms with Crippen molar-refractivity contribution in [3.05, 3.63) is 0 Å². The topological polar surface area (TPSA) is 21.3 Å². The summed E-state index contributed by atoms with van der Waals surface area (Å²) < 4.78 is 5.71. The Hall–Kier alpha value is 0.210. The van der Waals surface area contributed by atoms with Gasteiger partial charge in [0.2, 0.25) is 0 Å². The Bertz CT molecular complexity index is 182. The minimum Gasteiger partial charge on any atom is -0.377 e. The highest BCUT2D eigenvalue weighted by Crippen LogP contribution is 2.26. The standard InChI is InChI=1S/C12H22ClNO/c13-8-10-4-3-6-12(10)14-9-11-5-1-2-7-15-11/h10-12,14H,1-9H2. The number of alkyl halides is 1. The summed E-state index contributed by atoms with van der Waals surface area (Å²) in [5.74, 6) is 1.50. The molecular weight excluding hydrogens is 210 g/mol. The van der Waals surface area contributed by atoms with Gasteiger partial charge in [-0.1, -0.05) is 6.42 Å². The molecule has 88 valence electrons. The number of hydrogen-bond donors (Lipinski definition) is 1. The summed E-state index contributed by atoms with van der Waals surface area (Å²) in [5.41, 5.74) is 0. The van der Waals surface area contributed by atoms with Crippen LogP contribution in [0.1, 0.15) is 38.5 Å². The zero-order valence-electron chi connectivity index (χ0n) is 9.38. The lowest BCUT2D eigenvalue weighted by atomic mass is 10.0. The molecule has 0 spiro atoms. The van der Waals surface area contributed by atoms with Gasteiger partial charge in [-0.2, -0.15) is 0 Å². The third-order valence-electron chi connectivity index (χ3n) is 3.74. The lowest BCUT2D eigenvalue weighted by Gasteiger charge is -2.26. The molecule has 3 unspecified atom stereocenters. The predicted octanol–water partition coefficient (Wildman–Crippen LogP) is 2.55. The van der Waals surface area contributed by atoms with E-state index in [4.69, 9.17) is 16.3 Å². The lowest BCUT2D eigenvalue weighted by Crippen LogP contribution is -2.40. The van der Waals surface area contributed by atoms with Crippen molar-refractivity contribution < 1.29 is 4.74 Å². The fourth-order valence-electron chi connectivity index (χ4n) is 2.74. The van der Waals surface area contributed by atoms with Gasteiger partial charge in [0.15, 0.2) is 0 Å². The van der Waals surface area contributed by atoms with Crippen LogP contribution in [0.3, 0.4) is 0 Å². The molecule has 2 fully saturated rings. The minimum atomic E-state index is 0.454. The van der Waals surface area contributed by atoms with Gasteiger partial charge in [0.05, 0.1) is 6.10 Å². The van der Waals surface area contributed by atoms with Crippen LogP contribution in [-0.2, 0) is 4.74 Å². The molecule has 3 atom stereocenters. The Morgan fingerprint density at radius 3 is 2.80 bits per heavy atom. The molecule has 15 heavy (non-hydrogen) atoms. The summed E-state index contributed by atoms with van der Waals surface area (Å²) in [7, 11) is 0. The van der Waals surface area contributed by atoms with Crippen molar-refractivity contribution in [2.45, 2.75) is 50.7 Å². The summed E-state index contributed by atoms with van der Waals surface area (Å²) in [4.78, 5) is 0. The zero-order valence-corrected chi connectivity index (χ0v) is 10.1. The summed E-state index contributed by atoms with van der Waals surface area (Å²) in [6.45, 7) is 1.98. The molecule has 2 rings (SSSR count). The van der Waals surface area contributed by atoms with Crippen LogP contribution in [0.2, 0.25) is 0 Å². The van der Waals surface area contributed by atoms with Gasteiger partial charge in [-0.05, 0) is 38.0 Å². The van der Waals surface area contributed by atoms with E-state index in [1.165, 1.54) is 38.5 Å². The van der Waals surface area contributed by atoms with Crippen molar-refractivity contribution in [3.8, 4) is 0 Å². The summed E-state index contributed by atoms with van der Waals surface area (Å²) >= 11 is 5.95. The van der Waals surface area contributed by atoms with Gasteiger partial charge in [0.1, 0.15) is 0 Å². The van der Waals surface area contributed by atoms with Crippen molar-refractivity contribution in [2.75, 3.05) is 19.0 Å². The summed E-state index contributed by atoms with van der Waals surface area (Å²) in [6, 6.07) is 0.646. The molecule has 0 aromatic rings. The first-order chi connectivity index (χ1) is 7.40. The molecule has 0 bridgehead atoms. The number of nitrogens with one attached hydrogen (secondary N) is 1. The van der Waals surface area contributed by atoms with Crippen LogP contribution in [-0.4, -0.2) is 31.2 Å². The fourth-order valence-corrected chi connectivity index (χ4v) is 3.11. The van der Waals surface area contributed by atoms with Crippen LogP contribution in [0.25, 0.3) is 0 Å². The van der Waals surface area contributed by atoms with E-state index in [-0.39, 0.29) is 0 Å². The maximum Gasteiger partial charge on any atom is 0.0699 e. The molecule has 0 aromatic heterocycles. The molecule has 1 saturated heterocycles. The molecule has 3 heteroatoms. The van der Waals surface area contributed by atoms with Crippen LogP contribution < -0.4 is 5.32 Å². The smallest absolute Gasteiger partial charge is 0.0699 e. The van der Waals surface area contributed by atoms with Crippen LogP contribution in [0.5, 0.6) is 0 Å². The highest BCUT2D eigenvalue weighted by molar-refractivity contribution is 6.18. The number of hydrogen-bond acceptors (Lipinski definition) is 2. The molecule has 2 aliphatic rings. The lowest BCUT2D eigenvalue weighted by molar-refractivity contribution is 0.0148. The molecule has 1 N–H and O–H groups in total. The van der Waals surface area contributed by atoms with Crippen molar-refractivity contribution >= 4 is 11.6 Å². The quantitative estimate of drug-likeness (QED) is 0.751. The van der Waals surface area contributed by atoms with Gasteiger partial charge >= 0.3 is 0 Å². The minimum absolute atomic E-state index is 0.454. The number of rotatable bonds is 4. The normalized spacial score (nSPS) is 37.0. The maximum absolute atomic E-state index is 5.95. The van der Waals surface area contributed by atoms with Crippen LogP contribution in [0.15, 0.2) is 0 Å². The first-order valence-corrected chi connectivity index (χ1v) is 6.84. The van der Waals surface area contributed by atoms with Crippen molar-refractivity contribution in [2.24, 2.45) is 5.92 Å². The molecule has 0 amide bonds. The Morgan fingerprint density at radius 1 is 1.13 bits per heavy atom. The van der Waals surface area contributed by atoms with Crippen LogP contribution in [0, 0.1) is 5.92 Å². The molecule has 1 aliphatic heterocycles. The van der Waals surface area contributed by atoms with Crippen LogP contribution in [0.4, 0.5) is 0 Å². The maximum atomic E-state index is 5.95. The van der Waals surface area contributed by atoms with E-state index in [0.29, 0.717) is 18.1 Å². The first-order valence-electron chi connectivity index (χ1n) is 6.31. The zero-order chi connectivity index (χ0) is 10.5. The van der Waals surface area contributed by atoms with E-state index in [0.717, 1.165) is 19.0 Å². The Balaban J connectivity index is 1.67. The Labute approximate surface area is 97.7 Å². The van der Waals surface area contributed by atoms with Gasteiger partial charge in [0, 0.05) is 25.1 Å². The van der Waals surface area contributed by atoms with E-state index in [9.17, 15) is 0 Å². The van der Waals surface area contributed by atoms with Gasteiger partial charge in [-0.25, -0.2) is 0 Å². The van der Waals surface area contributed by atoms with E-state index in [1.54, 1.807) is 0 Å². The van der Waals surface area contributed by atoms with Gasteiger partial charge < -0.3 is 10.1 Å². The summed E-state index contributed by atoms with van der Waals surface area (Å²) in [5, 5.41) is 3.64. The molecule has 1 heterocycles.